The minimum atomic E-state index is 0. The Morgan fingerprint density at radius 1 is 1.12 bits per heavy atom. The zero-order chi connectivity index (χ0) is 16.0. The number of hydrogen-bond acceptors (Lipinski definition) is 2. The number of nitrogens with zero attached hydrogens (tertiary/aromatic N) is 1. The Balaban J connectivity index is 0.00000169. The molecule has 4 rings (SSSR count). The summed E-state index contributed by atoms with van der Waals surface area (Å²) in [6.45, 7) is 1.99. The van der Waals surface area contributed by atoms with E-state index in [1.165, 1.54) is 11.1 Å². The van der Waals surface area contributed by atoms with Gasteiger partial charge in [-0.15, -0.1) is 12.4 Å². The van der Waals surface area contributed by atoms with Gasteiger partial charge in [0, 0.05) is 17.3 Å². The molecule has 0 saturated heterocycles. The number of halogens is 1. The van der Waals surface area contributed by atoms with E-state index in [4.69, 9.17) is 5.73 Å². The maximum absolute atomic E-state index is 13.3. The van der Waals surface area contributed by atoms with Gasteiger partial charge in [-0.05, 0) is 61.4 Å². The van der Waals surface area contributed by atoms with Crippen LogP contribution in [0.5, 0.6) is 0 Å². The predicted molar refractivity (Wildman–Crippen MR) is 99.5 cm³/mol. The Bertz CT molecular complexity index is 770. The van der Waals surface area contributed by atoms with Crippen molar-refractivity contribution in [2.45, 2.75) is 44.7 Å². The van der Waals surface area contributed by atoms with Crippen molar-refractivity contribution in [3.8, 4) is 0 Å². The van der Waals surface area contributed by atoms with Gasteiger partial charge in [0.05, 0.1) is 6.04 Å². The van der Waals surface area contributed by atoms with E-state index in [2.05, 4.69) is 29.2 Å². The summed E-state index contributed by atoms with van der Waals surface area (Å²) in [5.74, 6) is 0.138. The second-order valence-electron chi connectivity index (χ2n) is 6.77. The van der Waals surface area contributed by atoms with Crippen molar-refractivity contribution in [3.63, 3.8) is 0 Å². The Morgan fingerprint density at radius 3 is 2.62 bits per heavy atom. The van der Waals surface area contributed by atoms with Crippen molar-refractivity contribution in [1.82, 2.24) is 4.90 Å². The highest BCUT2D eigenvalue weighted by Crippen LogP contribution is 2.42. The molecule has 4 heteroatoms. The van der Waals surface area contributed by atoms with Crippen LogP contribution in [0, 0.1) is 6.92 Å². The van der Waals surface area contributed by atoms with Crippen LogP contribution in [0.1, 0.15) is 52.4 Å². The number of aryl methyl sites for hydroxylation is 2. The van der Waals surface area contributed by atoms with Crippen LogP contribution in [0.4, 0.5) is 5.69 Å². The van der Waals surface area contributed by atoms with Crippen molar-refractivity contribution >= 4 is 24.0 Å². The van der Waals surface area contributed by atoms with Crippen molar-refractivity contribution in [1.29, 1.82) is 0 Å². The highest BCUT2D eigenvalue weighted by molar-refractivity contribution is 5.97. The number of carbonyl (C=O) groups excluding carboxylic acids is 1. The first-order valence-corrected chi connectivity index (χ1v) is 8.42. The van der Waals surface area contributed by atoms with Crippen LogP contribution in [0.3, 0.4) is 0 Å². The van der Waals surface area contributed by atoms with Gasteiger partial charge in [-0.3, -0.25) is 4.79 Å². The Labute approximate surface area is 149 Å². The maximum Gasteiger partial charge on any atom is 0.254 e. The molecular formula is C20H23ClN2O. The van der Waals surface area contributed by atoms with Crippen LogP contribution in [-0.4, -0.2) is 16.8 Å². The molecule has 2 aromatic rings. The number of nitrogen functional groups attached to an aromatic ring is 1. The quantitative estimate of drug-likeness (QED) is 0.846. The molecule has 1 saturated carbocycles. The van der Waals surface area contributed by atoms with E-state index in [0.717, 1.165) is 36.8 Å². The second-order valence-corrected chi connectivity index (χ2v) is 6.77. The molecular weight excluding hydrogens is 320 g/mol. The van der Waals surface area contributed by atoms with Crippen LogP contribution in [0.2, 0.25) is 0 Å². The Morgan fingerprint density at radius 2 is 1.88 bits per heavy atom. The number of fused-ring (bicyclic) bond motifs is 1. The molecule has 24 heavy (non-hydrogen) atoms. The van der Waals surface area contributed by atoms with Crippen LogP contribution in [-0.2, 0) is 6.42 Å². The molecule has 0 aliphatic heterocycles. The van der Waals surface area contributed by atoms with Crippen molar-refractivity contribution in [2.24, 2.45) is 0 Å². The number of nitrogens with two attached hydrogens (primary N) is 1. The lowest BCUT2D eigenvalue weighted by atomic mass is 10.0. The van der Waals surface area contributed by atoms with E-state index in [0.29, 0.717) is 11.7 Å². The maximum atomic E-state index is 13.3. The fraction of sp³-hybridized carbons (Fsp3) is 0.350. The number of anilines is 1. The molecule has 1 atom stereocenters. The lowest BCUT2D eigenvalue weighted by Crippen LogP contribution is -2.36. The van der Waals surface area contributed by atoms with E-state index >= 15 is 0 Å². The molecule has 126 valence electrons. The monoisotopic (exact) mass is 342 g/mol. The molecule has 0 heterocycles. The molecule has 2 N–H and O–H groups in total. The highest BCUT2D eigenvalue weighted by Gasteiger charge is 2.40. The third-order valence-electron chi connectivity index (χ3n) is 5.10. The van der Waals surface area contributed by atoms with Crippen LogP contribution in [0.25, 0.3) is 0 Å². The first kappa shape index (κ1) is 16.8. The van der Waals surface area contributed by atoms with Crippen molar-refractivity contribution in [3.05, 3.63) is 64.7 Å². The van der Waals surface area contributed by atoms with Gasteiger partial charge in [-0.1, -0.05) is 30.3 Å². The molecule has 2 aromatic carbocycles. The van der Waals surface area contributed by atoms with E-state index < -0.39 is 0 Å². The molecule has 0 spiro atoms. The smallest absolute Gasteiger partial charge is 0.254 e. The summed E-state index contributed by atoms with van der Waals surface area (Å²) in [7, 11) is 0. The van der Waals surface area contributed by atoms with E-state index in [-0.39, 0.29) is 24.4 Å². The fourth-order valence-corrected chi connectivity index (χ4v) is 3.75. The number of carbonyl (C=O) groups is 1. The number of hydrogen-bond donors (Lipinski definition) is 1. The minimum absolute atomic E-state index is 0. The largest absolute Gasteiger partial charge is 0.399 e. The predicted octanol–water partition coefficient (Wildman–Crippen LogP) is 4.29. The first-order valence-electron chi connectivity index (χ1n) is 8.42. The summed E-state index contributed by atoms with van der Waals surface area (Å²) >= 11 is 0. The van der Waals surface area contributed by atoms with Crippen LogP contribution >= 0.6 is 12.4 Å². The van der Waals surface area contributed by atoms with Gasteiger partial charge in [-0.25, -0.2) is 0 Å². The van der Waals surface area contributed by atoms with Crippen molar-refractivity contribution in [2.75, 3.05) is 5.73 Å². The first-order chi connectivity index (χ1) is 11.1. The zero-order valence-electron chi connectivity index (χ0n) is 13.9. The average Bonchev–Trinajstić information content (AvgIpc) is 3.30. The van der Waals surface area contributed by atoms with Gasteiger partial charge in [-0.2, -0.15) is 0 Å². The molecule has 0 bridgehead atoms. The van der Waals surface area contributed by atoms with Crippen LogP contribution < -0.4 is 5.73 Å². The third-order valence-corrected chi connectivity index (χ3v) is 5.10. The summed E-state index contributed by atoms with van der Waals surface area (Å²) in [6, 6.07) is 14.8. The summed E-state index contributed by atoms with van der Waals surface area (Å²) in [6.07, 6.45) is 4.33. The van der Waals surface area contributed by atoms with Gasteiger partial charge in [0.1, 0.15) is 0 Å². The van der Waals surface area contributed by atoms with E-state index in [1.807, 2.05) is 25.1 Å². The average molecular weight is 343 g/mol. The van der Waals surface area contributed by atoms with Gasteiger partial charge in [0.25, 0.3) is 5.91 Å². The highest BCUT2D eigenvalue weighted by atomic mass is 35.5. The molecule has 0 aromatic heterocycles. The van der Waals surface area contributed by atoms with E-state index in [1.54, 1.807) is 0 Å². The number of benzene rings is 2. The van der Waals surface area contributed by atoms with Gasteiger partial charge in [0.15, 0.2) is 0 Å². The Kier molecular flexibility index (Phi) is 4.55. The standard InChI is InChI=1S/C20H22N2O.ClH/c1-13-6-8-15(21)12-18(13)20(23)22(16-9-10-16)19-11-7-14-4-2-3-5-17(14)19;/h2-6,8,12,16,19H,7,9-11,21H2,1H3;1H. The zero-order valence-corrected chi connectivity index (χ0v) is 14.7. The second kappa shape index (κ2) is 6.48. The van der Waals surface area contributed by atoms with E-state index in [9.17, 15) is 4.79 Å². The molecule has 1 fully saturated rings. The number of rotatable bonds is 3. The van der Waals surface area contributed by atoms with Gasteiger partial charge >= 0.3 is 0 Å². The fourth-order valence-electron chi connectivity index (χ4n) is 3.75. The number of amides is 1. The lowest BCUT2D eigenvalue weighted by molar-refractivity contribution is 0.0657. The Hall–Kier alpha value is -2.00. The molecule has 1 amide bonds. The summed E-state index contributed by atoms with van der Waals surface area (Å²) in [5.41, 5.74) is 11.0. The third kappa shape index (κ3) is 2.89. The van der Waals surface area contributed by atoms with Crippen molar-refractivity contribution < 1.29 is 4.79 Å². The summed E-state index contributed by atoms with van der Waals surface area (Å²) < 4.78 is 0. The minimum Gasteiger partial charge on any atom is -0.399 e. The summed E-state index contributed by atoms with van der Waals surface area (Å²) in [4.78, 5) is 15.4. The molecule has 2 aliphatic carbocycles. The lowest BCUT2D eigenvalue weighted by Gasteiger charge is -2.30. The SMILES string of the molecule is Cc1ccc(N)cc1C(=O)N(C1CC1)C1CCc2ccccc21.Cl. The molecule has 0 radical (unpaired) electrons. The topological polar surface area (TPSA) is 46.3 Å². The normalized spacial score (nSPS) is 18.6. The molecule has 2 aliphatic rings. The van der Waals surface area contributed by atoms with Gasteiger partial charge in [0.2, 0.25) is 0 Å². The molecule has 3 nitrogen and oxygen atoms in total. The van der Waals surface area contributed by atoms with Crippen LogP contribution in [0.15, 0.2) is 42.5 Å². The summed E-state index contributed by atoms with van der Waals surface area (Å²) in [5, 5.41) is 0. The molecule has 1 unspecified atom stereocenters. The van der Waals surface area contributed by atoms with Gasteiger partial charge < -0.3 is 10.6 Å².